The molecular weight excluding hydrogens is 272 g/mol. The summed E-state index contributed by atoms with van der Waals surface area (Å²) in [6.07, 6.45) is 0.346. The lowest BCUT2D eigenvalue weighted by Crippen LogP contribution is -2.34. The zero-order valence-electron chi connectivity index (χ0n) is 11.0. The second-order valence-electron chi connectivity index (χ2n) is 4.94. The van der Waals surface area contributed by atoms with Crippen LogP contribution in [0.15, 0.2) is 35.7 Å². The molecular formula is C15H16N2O2S. The number of nitrogens with zero attached hydrogens (tertiary/aromatic N) is 1. The quantitative estimate of drug-likeness (QED) is 0.933. The van der Waals surface area contributed by atoms with Crippen LogP contribution < -0.4 is 5.73 Å². The fourth-order valence-electron chi connectivity index (χ4n) is 2.32. The second-order valence-corrected chi connectivity index (χ2v) is 5.89. The summed E-state index contributed by atoms with van der Waals surface area (Å²) >= 11 is 1.52. The first-order valence-corrected chi connectivity index (χ1v) is 7.48. The van der Waals surface area contributed by atoms with Gasteiger partial charge in [-0.25, -0.2) is 4.98 Å². The first-order valence-electron chi connectivity index (χ1n) is 6.60. The summed E-state index contributed by atoms with van der Waals surface area (Å²) in [6, 6.07) is 9.80. The minimum Gasteiger partial charge on any atom is -0.379 e. The van der Waals surface area contributed by atoms with Crippen LogP contribution in [0.2, 0.25) is 0 Å². The summed E-state index contributed by atoms with van der Waals surface area (Å²) in [4.78, 5) is 16.7. The van der Waals surface area contributed by atoms with Crippen molar-refractivity contribution >= 4 is 17.1 Å². The molecule has 0 amide bonds. The molecule has 5 heteroatoms. The minimum absolute atomic E-state index is 0.129. The molecule has 2 unspecified atom stereocenters. The molecule has 2 heterocycles. The summed E-state index contributed by atoms with van der Waals surface area (Å²) in [5.74, 6) is -0.0527. The summed E-state index contributed by atoms with van der Waals surface area (Å²) in [5, 5.41) is 2.83. The molecule has 2 atom stereocenters. The molecule has 1 fully saturated rings. The Morgan fingerprint density at radius 2 is 2.15 bits per heavy atom. The molecule has 2 N–H and O–H groups in total. The van der Waals surface area contributed by atoms with Crippen LogP contribution in [0.3, 0.4) is 0 Å². The third-order valence-electron chi connectivity index (χ3n) is 3.48. The number of ether oxygens (including phenoxy) is 1. The van der Waals surface area contributed by atoms with Gasteiger partial charge in [0.05, 0.1) is 31.2 Å². The number of rotatable bonds is 4. The Bertz CT molecular complexity index is 597. The van der Waals surface area contributed by atoms with Gasteiger partial charge in [-0.15, -0.1) is 11.3 Å². The number of carbonyl (C=O) groups excluding carboxylic acids is 1. The smallest absolute Gasteiger partial charge is 0.146 e. The van der Waals surface area contributed by atoms with Crippen molar-refractivity contribution in [1.29, 1.82) is 0 Å². The number of hydrogen-bond donors (Lipinski definition) is 1. The molecule has 1 aliphatic rings. The lowest BCUT2D eigenvalue weighted by atomic mass is 9.97. The van der Waals surface area contributed by atoms with E-state index in [0.717, 1.165) is 16.3 Å². The zero-order chi connectivity index (χ0) is 13.9. The van der Waals surface area contributed by atoms with Gasteiger partial charge < -0.3 is 10.5 Å². The topological polar surface area (TPSA) is 65.2 Å². The van der Waals surface area contributed by atoms with E-state index in [0.29, 0.717) is 19.6 Å². The van der Waals surface area contributed by atoms with Gasteiger partial charge in [0.2, 0.25) is 0 Å². The van der Waals surface area contributed by atoms with E-state index in [4.69, 9.17) is 10.5 Å². The summed E-state index contributed by atoms with van der Waals surface area (Å²) in [7, 11) is 0. The average Bonchev–Trinajstić information content (AvgIpc) is 3.09. The number of hydrogen-bond acceptors (Lipinski definition) is 5. The first-order chi connectivity index (χ1) is 9.74. The normalized spacial score (nSPS) is 22.1. The van der Waals surface area contributed by atoms with Gasteiger partial charge in [0.15, 0.2) is 0 Å². The fraction of sp³-hybridized carbons (Fsp3) is 0.333. The molecule has 1 aliphatic heterocycles. The number of ketones is 1. The van der Waals surface area contributed by atoms with E-state index >= 15 is 0 Å². The number of aromatic nitrogens is 1. The first kappa shape index (κ1) is 13.4. The van der Waals surface area contributed by atoms with Gasteiger partial charge in [-0.2, -0.15) is 0 Å². The summed E-state index contributed by atoms with van der Waals surface area (Å²) < 4.78 is 5.24. The highest BCUT2D eigenvalue weighted by Gasteiger charge is 2.31. The monoisotopic (exact) mass is 288 g/mol. The lowest BCUT2D eigenvalue weighted by Gasteiger charge is -2.10. The summed E-state index contributed by atoms with van der Waals surface area (Å²) in [6.45, 7) is 0.917. The Morgan fingerprint density at radius 1 is 1.35 bits per heavy atom. The predicted octanol–water partition coefficient (Wildman–Crippen LogP) is 1.90. The molecule has 0 saturated carbocycles. The number of carbonyl (C=O) groups is 1. The van der Waals surface area contributed by atoms with Crippen LogP contribution in [-0.4, -0.2) is 30.0 Å². The van der Waals surface area contributed by atoms with Gasteiger partial charge in [-0.1, -0.05) is 30.3 Å². The van der Waals surface area contributed by atoms with Crippen LogP contribution in [0.4, 0.5) is 0 Å². The Balaban J connectivity index is 1.70. The van der Waals surface area contributed by atoms with Crippen molar-refractivity contribution in [1.82, 2.24) is 4.98 Å². The Morgan fingerprint density at radius 3 is 2.85 bits per heavy atom. The molecule has 1 aromatic heterocycles. The van der Waals surface area contributed by atoms with Crippen LogP contribution in [0.5, 0.6) is 0 Å². The van der Waals surface area contributed by atoms with Crippen molar-refractivity contribution in [3.8, 4) is 11.3 Å². The Hall–Kier alpha value is -1.56. The Kier molecular flexibility index (Phi) is 3.91. The molecule has 2 aromatic rings. The molecule has 1 saturated heterocycles. The number of Topliss-reactive ketones (excluding diaryl/α,β-unsaturated/α-hetero) is 1. The maximum Gasteiger partial charge on any atom is 0.146 e. The summed E-state index contributed by atoms with van der Waals surface area (Å²) in [5.41, 5.74) is 7.86. The van der Waals surface area contributed by atoms with Crippen LogP contribution in [0, 0.1) is 5.92 Å². The molecule has 0 spiro atoms. The van der Waals surface area contributed by atoms with Crippen LogP contribution in [0.25, 0.3) is 11.3 Å². The lowest BCUT2D eigenvalue weighted by molar-refractivity contribution is -0.122. The van der Waals surface area contributed by atoms with E-state index in [1.807, 2.05) is 35.7 Å². The van der Waals surface area contributed by atoms with Crippen molar-refractivity contribution in [3.63, 3.8) is 0 Å². The molecule has 4 nitrogen and oxygen atoms in total. The minimum atomic E-state index is -0.181. The number of thiazole rings is 1. The van der Waals surface area contributed by atoms with E-state index < -0.39 is 0 Å². The maximum absolute atomic E-state index is 12.2. The van der Waals surface area contributed by atoms with E-state index in [2.05, 4.69) is 4.98 Å². The highest BCUT2D eigenvalue weighted by atomic mass is 32.1. The van der Waals surface area contributed by atoms with Crippen LogP contribution >= 0.6 is 11.3 Å². The maximum atomic E-state index is 12.2. The predicted molar refractivity (Wildman–Crippen MR) is 78.5 cm³/mol. The average molecular weight is 288 g/mol. The van der Waals surface area contributed by atoms with Crippen molar-refractivity contribution in [2.24, 2.45) is 11.7 Å². The van der Waals surface area contributed by atoms with Gasteiger partial charge in [0.1, 0.15) is 10.8 Å². The molecule has 3 rings (SSSR count). The van der Waals surface area contributed by atoms with Crippen molar-refractivity contribution in [2.75, 3.05) is 13.2 Å². The highest BCUT2D eigenvalue weighted by molar-refractivity contribution is 7.10. The largest absolute Gasteiger partial charge is 0.379 e. The van der Waals surface area contributed by atoms with Crippen molar-refractivity contribution < 1.29 is 9.53 Å². The van der Waals surface area contributed by atoms with E-state index in [-0.39, 0.29) is 17.7 Å². The molecule has 0 aliphatic carbocycles. The van der Waals surface area contributed by atoms with Crippen molar-refractivity contribution in [3.05, 3.63) is 40.7 Å². The van der Waals surface area contributed by atoms with Gasteiger partial charge in [0, 0.05) is 17.0 Å². The Labute approximate surface area is 121 Å². The van der Waals surface area contributed by atoms with Gasteiger partial charge in [-0.3, -0.25) is 4.79 Å². The molecule has 104 valence electrons. The number of benzene rings is 1. The third kappa shape index (κ3) is 2.80. The zero-order valence-corrected chi connectivity index (χ0v) is 11.8. The highest BCUT2D eigenvalue weighted by Crippen LogP contribution is 2.23. The third-order valence-corrected chi connectivity index (χ3v) is 4.33. The van der Waals surface area contributed by atoms with Crippen LogP contribution in [0.1, 0.15) is 5.01 Å². The SMILES string of the molecule is NC1COCC1C(=O)Cc1nc(-c2ccccc2)cs1. The van der Waals surface area contributed by atoms with E-state index in [1.54, 1.807) is 0 Å². The van der Waals surface area contributed by atoms with Gasteiger partial charge >= 0.3 is 0 Å². The molecule has 0 radical (unpaired) electrons. The standard InChI is InChI=1S/C15H16N2O2S/c16-12-8-19-7-11(12)14(18)6-15-17-13(9-20-15)10-4-2-1-3-5-10/h1-5,9,11-12H,6-8,16H2. The van der Waals surface area contributed by atoms with Crippen LogP contribution in [-0.2, 0) is 16.0 Å². The van der Waals surface area contributed by atoms with Crippen molar-refractivity contribution in [2.45, 2.75) is 12.5 Å². The van der Waals surface area contributed by atoms with E-state index in [1.165, 1.54) is 11.3 Å². The van der Waals surface area contributed by atoms with E-state index in [9.17, 15) is 4.79 Å². The second kappa shape index (κ2) is 5.83. The fourth-order valence-corrected chi connectivity index (χ4v) is 3.13. The molecule has 20 heavy (non-hydrogen) atoms. The molecule has 0 bridgehead atoms. The number of nitrogens with two attached hydrogens (primary N) is 1. The van der Waals surface area contributed by atoms with Gasteiger partial charge in [0.25, 0.3) is 0 Å². The van der Waals surface area contributed by atoms with Gasteiger partial charge in [-0.05, 0) is 0 Å². The molecule has 1 aromatic carbocycles.